The number of carbonyl (C=O) groups is 1. The van der Waals surface area contributed by atoms with E-state index in [0.717, 1.165) is 12.8 Å². The van der Waals surface area contributed by atoms with Crippen molar-refractivity contribution < 1.29 is 9.53 Å². The van der Waals surface area contributed by atoms with Crippen LogP contribution in [0.25, 0.3) is 0 Å². The van der Waals surface area contributed by atoms with Gasteiger partial charge in [0.1, 0.15) is 5.75 Å². The molecule has 5 heteroatoms. The van der Waals surface area contributed by atoms with Gasteiger partial charge in [-0.25, -0.2) is 0 Å². The molecule has 1 aromatic heterocycles. The second-order valence-electron chi connectivity index (χ2n) is 4.75. The number of amides is 1. The molecule has 0 aliphatic rings. The first-order valence-corrected chi connectivity index (χ1v) is 7.88. The predicted molar refractivity (Wildman–Crippen MR) is 86.5 cm³/mol. The molecule has 0 saturated heterocycles. The summed E-state index contributed by atoms with van der Waals surface area (Å²) in [6, 6.07) is 11.3. The lowest BCUT2D eigenvalue weighted by atomic mass is 10.1. The lowest BCUT2D eigenvalue weighted by molar-refractivity contribution is -0.123. The third kappa shape index (κ3) is 4.49. The molecular formula is C16H20N2O2S. The molecule has 0 spiro atoms. The predicted octanol–water partition coefficient (Wildman–Crippen LogP) is 3.37. The number of benzene rings is 1. The van der Waals surface area contributed by atoms with Crippen LogP contribution in [0.1, 0.15) is 30.7 Å². The zero-order chi connectivity index (χ0) is 15.1. The molecule has 0 radical (unpaired) electrons. The minimum Gasteiger partial charge on any atom is -0.482 e. The molecule has 0 aliphatic carbocycles. The van der Waals surface area contributed by atoms with Gasteiger partial charge in [-0.3, -0.25) is 4.79 Å². The number of nitrogen functional groups attached to an aromatic ring is 1. The molecule has 0 fully saturated rings. The molecule has 2 rings (SSSR count). The Morgan fingerprint density at radius 3 is 2.81 bits per heavy atom. The minimum atomic E-state index is -0.134. The summed E-state index contributed by atoms with van der Waals surface area (Å²) < 4.78 is 5.46. The SMILES string of the molecule is CCCC(NC(=O)COc1ccccc1N)c1cccs1. The molecule has 0 saturated carbocycles. The van der Waals surface area contributed by atoms with Gasteiger partial charge in [0.25, 0.3) is 5.91 Å². The highest BCUT2D eigenvalue weighted by molar-refractivity contribution is 7.10. The lowest BCUT2D eigenvalue weighted by Crippen LogP contribution is -2.32. The minimum absolute atomic E-state index is 0.0280. The summed E-state index contributed by atoms with van der Waals surface area (Å²) in [5.41, 5.74) is 6.31. The smallest absolute Gasteiger partial charge is 0.258 e. The lowest BCUT2D eigenvalue weighted by Gasteiger charge is -2.17. The van der Waals surface area contributed by atoms with E-state index in [1.54, 1.807) is 23.5 Å². The van der Waals surface area contributed by atoms with Gasteiger partial charge >= 0.3 is 0 Å². The maximum Gasteiger partial charge on any atom is 0.258 e. The van der Waals surface area contributed by atoms with Gasteiger partial charge in [0.05, 0.1) is 11.7 Å². The van der Waals surface area contributed by atoms with Gasteiger partial charge in [0.15, 0.2) is 6.61 Å². The molecule has 1 aromatic carbocycles. The topological polar surface area (TPSA) is 64.3 Å². The number of para-hydroxylation sites is 2. The van der Waals surface area contributed by atoms with Gasteiger partial charge in [-0.2, -0.15) is 0 Å². The van der Waals surface area contributed by atoms with Crippen molar-refractivity contribution in [3.63, 3.8) is 0 Å². The van der Waals surface area contributed by atoms with Gasteiger partial charge < -0.3 is 15.8 Å². The number of ether oxygens (including phenoxy) is 1. The van der Waals surface area contributed by atoms with Crippen molar-refractivity contribution in [1.82, 2.24) is 5.32 Å². The Morgan fingerprint density at radius 2 is 2.14 bits per heavy atom. The zero-order valence-electron chi connectivity index (χ0n) is 12.0. The van der Waals surface area contributed by atoms with Crippen molar-refractivity contribution >= 4 is 22.9 Å². The first-order chi connectivity index (χ1) is 10.2. The van der Waals surface area contributed by atoms with E-state index in [4.69, 9.17) is 10.5 Å². The standard InChI is InChI=1S/C16H20N2O2S/c1-2-6-13(15-9-5-10-21-15)18-16(19)11-20-14-8-4-3-7-12(14)17/h3-5,7-10,13H,2,6,11,17H2,1H3,(H,18,19). The first-order valence-electron chi connectivity index (χ1n) is 7.00. The maximum atomic E-state index is 12.0. The van der Waals surface area contributed by atoms with Crippen LogP contribution in [-0.2, 0) is 4.79 Å². The summed E-state index contributed by atoms with van der Waals surface area (Å²) in [4.78, 5) is 13.2. The number of carbonyl (C=O) groups excluding carboxylic acids is 1. The van der Waals surface area contributed by atoms with Crippen LogP contribution in [-0.4, -0.2) is 12.5 Å². The molecular weight excluding hydrogens is 284 g/mol. The van der Waals surface area contributed by atoms with Crippen molar-refractivity contribution in [1.29, 1.82) is 0 Å². The summed E-state index contributed by atoms with van der Waals surface area (Å²) >= 11 is 1.65. The highest BCUT2D eigenvalue weighted by atomic mass is 32.1. The van der Waals surface area contributed by atoms with Gasteiger partial charge in [-0.1, -0.05) is 31.5 Å². The van der Waals surface area contributed by atoms with Crippen LogP contribution in [0.2, 0.25) is 0 Å². The third-order valence-corrected chi connectivity index (χ3v) is 4.06. The molecule has 0 aliphatic heterocycles. The van der Waals surface area contributed by atoms with Crippen LogP contribution in [0.5, 0.6) is 5.75 Å². The van der Waals surface area contributed by atoms with Crippen LogP contribution in [0.4, 0.5) is 5.69 Å². The Bertz CT molecular complexity index is 569. The monoisotopic (exact) mass is 304 g/mol. The Kier molecular flexibility index (Phi) is 5.63. The summed E-state index contributed by atoms with van der Waals surface area (Å²) in [5.74, 6) is 0.404. The van der Waals surface area contributed by atoms with Crippen molar-refractivity contribution in [3.8, 4) is 5.75 Å². The number of hydrogen-bond acceptors (Lipinski definition) is 4. The Labute approximate surface area is 128 Å². The number of rotatable bonds is 7. The molecule has 0 bridgehead atoms. The number of nitrogens with one attached hydrogen (secondary N) is 1. The Balaban J connectivity index is 1.89. The number of thiophene rings is 1. The maximum absolute atomic E-state index is 12.0. The van der Waals surface area contributed by atoms with E-state index in [9.17, 15) is 4.79 Å². The van der Waals surface area contributed by atoms with E-state index in [1.807, 2.05) is 29.6 Å². The third-order valence-electron chi connectivity index (χ3n) is 3.08. The number of anilines is 1. The van der Waals surface area contributed by atoms with E-state index in [2.05, 4.69) is 12.2 Å². The molecule has 4 nitrogen and oxygen atoms in total. The van der Waals surface area contributed by atoms with E-state index in [1.165, 1.54) is 4.88 Å². The van der Waals surface area contributed by atoms with E-state index in [0.29, 0.717) is 11.4 Å². The van der Waals surface area contributed by atoms with Gasteiger partial charge in [0.2, 0.25) is 0 Å². The van der Waals surface area contributed by atoms with E-state index in [-0.39, 0.29) is 18.6 Å². The summed E-state index contributed by atoms with van der Waals surface area (Å²) in [6.07, 6.45) is 1.93. The molecule has 21 heavy (non-hydrogen) atoms. The normalized spacial score (nSPS) is 11.9. The fraction of sp³-hybridized carbons (Fsp3) is 0.312. The average Bonchev–Trinajstić information content (AvgIpc) is 3.00. The highest BCUT2D eigenvalue weighted by Crippen LogP contribution is 2.23. The summed E-state index contributed by atoms with van der Waals surface area (Å²) in [7, 11) is 0. The fourth-order valence-electron chi connectivity index (χ4n) is 2.06. The van der Waals surface area contributed by atoms with Crippen molar-refractivity contribution in [2.24, 2.45) is 0 Å². The highest BCUT2D eigenvalue weighted by Gasteiger charge is 2.15. The van der Waals surface area contributed by atoms with E-state index < -0.39 is 0 Å². The number of nitrogens with two attached hydrogens (primary N) is 1. The molecule has 3 N–H and O–H groups in total. The molecule has 2 aromatic rings. The average molecular weight is 304 g/mol. The van der Waals surface area contributed by atoms with Crippen molar-refractivity contribution in [3.05, 3.63) is 46.7 Å². The summed E-state index contributed by atoms with van der Waals surface area (Å²) in [6.45, 7) is 2.08. The zero-order valence-corrected chi connectivity index (χ0v) is 12.9. The van der Waals surface area contributed by atoms with Crippen LogP contribution in [0, 0.1) is 0 Å². The molecule has 1 atom stereocenters. The largest absolute Gasteiger partial charge is 0.482 e. The quantitative estimate of drug-likeness (QED) is 0.771. The second kappa shape index (κ2) is 7.69. The van der Waals surface area contributed by atoms with Crippen LogP contribution >= 0.6 is 11.3 Å². The number of hydrogen-bond donors (Lipinski definition) is 2. The molecule has 1 unspecified atom stereocenters. The van der Waals surface area contributed by atoms with Gasteiger partial charge in [-0.15, -0.1) is 11.3 Å². The van der Waals surface area contributed by atoms with Crippen molar-refractivity contribution in [2.45, 2.75) is 25.8 Å². The van der Waals surface area contributed by atoms with Crippen LogP contribution in [0.15, 0.2) is 41.8 Å². The molecule has 1 amide bonds. The van der Waals surface area contributed by atoms with Gasteiger partial charge in [0, 0.05) is 4.88 Å². The fourth-order valence-corrected chi connectivity index (χ4v) is 2.87. The van der Waals surface area contributed by atoms with Crippen LogP contribution < -0.4 is 15.8 Å². The van der Waals surface area contributed by atoms with Crippen LogP contribution in [0.3, 0.4) is 0 Å². The Hall–Kier alpha value is -2.01. The van der Waals surface area contributed by atoms with Crippen molar-refractivity contribution in [2.75, 3.05) is 12.3 Å². The van der Waals surface area contributed by atoms with E-state index >= 15 is 0 Å². The first kappa shape index (κ1) is 15.4. The summed E-state index contributed by atoms with van der Waals surface area (Å²) in [5, 5.41) is 5.03. The second-order valence-corrected chi connectivity index (χ2v) is 5.73. The Morgan fingerprint density at radius 1 is 1.33 bits per heavy atom. The van der Waals surface area contributed by atoms with Gasteiger partial charge in [-0.05, 0) is 30.0 Å². The molecule has 1 heterocycles. The molecule has 112 valence electrons.